The molecule has 1 fully saturated rings. The number of hydrogen-bond acceptors (Lipinski definition) is 3. The Bertz CT molecular complexity index is 1510. The third-order valence-corrected chi connectivity index (χ3v) is 7.17. The van der Waals surface area contributed by atoms with E-state index >= 15 is 0 Å². The van der Waals surface area contributed by atoms with Crippen LogP contribution in [-0.4, -0.2) is 12.1 Å². The Morgan fingerprint density at radius 3 is 2.21 bits per heavy atom. The average Bonchev–Trinajstić information content (AvgIpc) is 2.87. The molecule has 33 heavy (non-hydrogen) atoms. The molecule has 0 radical (unpaired) electrons. The van der Waals surface area contributed by atoms with E-state index in [1.165, 1.54) is 37.9 Å². The molecule has 0 aromatic heterocycles. The van der Waals surface area contributed by atoms with Crippen molar-refractivity contribution < 1.29 is 9.53 Å². The van der Waals surface area contributed by atoms with Crippen LogP contribution in [0.2, 0.25) is 0 Å². The molecule has 5 aromatic rings. The quantitative estimate of drug-likeness (QED) is 0.223. The standard InChI is InChI=1S/C30H23NO2/c31-18-19-8-10-23(11-9-19)30(32)33-27-7-2-1-6-25(27)24-16-14-22-13-12-20-4-3-5-21-15-17-26(24)29(22)28(20)21/h3-5,8-17,25,27H,1-2,6-7H2/t25-,27+/m0/s1. The van der Waals surface area contributed by atoms with Gasteiger partial charge in [0.2, 0.25) is 0 Å². The van der Waals surface area contributed by atoms with Crippen molar-refractivity contribution in [1.29, 1.82) is 5.26 Å². The predicted octanol–water partition coefficient (Wildman–Crippen LogP) is 7.34. The van der Waals surface area contributed by atoms with Crippen LogP contribution < -0.4 is 0 Å². The molecule has 3 nitrogen and oxygen atoms in total. The lowest BCUT2D eigenvalue weighted by Crippen LogP contribution is -2.29. The fourth-order valence-electron chi connectivity index (χ4n) is 5.56. The molecule has 1 aliphatic rings. The zero-order valence-corrected chi connectivity index (χ0v) is 18.3. The Hall–Kier alpha value is -3.90. The maximum absolute atomic E-state index is 12.9. The van der Waals surface area contributed by atoms with Gasteiger partial charge >= 0.3 is 5.97 Å². The summed E-state index contributed by atoms with van der Waals surface area (Å²) in [5.41, 5.74) is 2.31. The third-order valence-electron chi connectivity index (χ3n) is 7.17. The van der Waals surface area contributed by atoms with Gasteiger partial charge in [0.15, 0.2) is 0 Å². The Balaban J connectivity index is 1.41. The molecule has 160 valence electrons. The van der Waals surface area contributed by atoms with E-state index < -0.39 is 0 Å². The van der Waals surface area contributed by atoms with Crippen LogP contribution >= 0.6 is 0 Å². The molecule has 1 saturated carbocycles. The van der Waals surface area contributed by atoms with Gasteiger partial charge in [0.25, 0.3) is 0 Å². The molecule has 5 aromatic carbocycles. The molecule has 1 aliphatic carbocycles. The fourth-order valence-corrected chi connectivity index (χ4v) is 5.56. The van der Waals surface area contributed by atoms with Crippen LogP contribution in [0.25, 0.3) is 32.3 Å². The van der Waals surface area contributed by atoms with Crippen molar-refractivity contribution in [3.63, 3.8) is 0 Å². The molecule has 0 N–H and O–H groups in total. The first-order valence-electron chi connectivity index (χ1n) is 11.6. The summed E-state index contributed by atoms with van der Waals surface area (Å²) in [5.74, 6) is -0.139. The molecule has 0 amide bonds. The number of nitrogens with zero attached hydrogens (tertiary/aromatic N) is 1. The van der Waals surface area contributed by atoms with E-state index in [1.807, 2.05) is 0 Å². The Morgan fingerprint density at radius 2 is 1.45 bits per heavy atom. The summed E-state index contributed by atoms with van der Waals surface area (Å²) in [6.45, 7) is 0. The molecular formula is C30H23NO2. The van der Waals surface area contributed by atoms with Crippen LogP contribution in [0.3, 0.4) is 0 Å². The highest BCUT2D eigenvalue weighted by molar-refractivity contribution is 6.23. The minimum atomic E-state index is -0.311. The van der Waals surface area contributed by atoms with E-state index in [1.54, 1.807) is 24.3 Å². The second-order valence-corrected chi connectivity index (χ2v) is 9.03. The van der Waals surface area contributed by atoms with Gasteiger partial charge < -0.3 is 4.74 Å². The van der Waals surface area contributed by atoms with E-state index in [4.69, 9.17) is 10.00 Å². The van der Waals surface area contributed by atoms with Gasteiger partial charge in [0.05, 0.1) is 17.2 Å². The van der Waals surface area contributed by atoms with Crippen LogP contribution in [0.1, 0.15) is 53.1 Å². The maximum Gasteiger partial charge on any atom is 0.338 e. The van der Waals surface area contributed by atoms with Crippen molar-refractivity contribution in [1.82, 2.24) is 0 Å². The van der Waals surface area contributed by atoms with E-state index in [0.29, 0.717) is 11.1 Å². The Labute approximate surface area is 192 Å². The van der Waals surface area contributed by atoms with Gasteiger partial charge in [-0.25, -0.2) is 4.79 Å². The average molecular weight is 430 g/mol. The molecule has 0 saturated heterocycles. The lowest BCUT2D eigenvalue weighted by molar-refractivity contribution is 0.0144. The summed E-state index contributed by atoms with van der Waals surface area (Å²) in [5, 5.41) is 16.7. The topological polar surface area (TPSA) is 50.1 Å². The number of esters is 1. The van der Waals surface area contributed by atoms with Gasteiger partial charge in [-0.3, -0.25) is 0 Å². The summed E-state index contributed by atoms with van der Waals surface area (Å²) in [6.07, 6.45) is 3.93. The molecule has 0 aliphatic heterocycles. The first kappa shape index (κ1) is 19.8. The van der Waals surface area contributed by atoms with Crippen LogP contribution in [0, 0.1) is 11.3 Å². The SMILES string of the molecule is N#Cc1ccc(C(=O)O[C@@H]2CCCC[C@H]2c2ccc3ccc4cccc5ccc2c3c45)cc1. The van der Waals surface area contributed by atoms with Gasteiger partial charge in [-0.15, -0.1) is 0 Å². The summed E-state index contributed by atoms with van der Waals surface area (Å²) >= 11 is 0. The molecule has 3 heteroatoms. The zero-order chi connectivity index (χ0) is 22.4. The number of ether oxygens (including phenoxy) is 1. The zero-order valence-electron chi connectivity index (χ0n) is 18.3. The molecule has 0 heterocycles. The number of nitriles is 1. The van der Waals surface area contributed by atoms with Gasteiger partial charge in [-0.05, 0) is 81.4 Å². The monoisotopic (exact) mass is 429 g/mol. The van der Waals surface area contributed by atoms with Gasteiger partial charge in [0, 0.05) is 5.92 Å². The molecule has 2 atom stereocenters. The van der Waals surface area contributed by atoms with E-state index in [0.717, 1.165) is 25.7 Å². The summed E-state index contributed by atoms with van der Waals surface area (Å²) in [7, 11) is 0. The highest BCUT2D eigenvalue weighted by atomic mass is 16.5. The minimum Gasteiger partial charge on any atom is -0.458 e. The first-order valence-corrected chi connectivity index (χ1v) is 11.6. The van der Waals surface area contributed by atoms with Crippen LogP contribution in [0.4, 0.5) is 0 Å². The van der Waals surface area contributed by atoms with Gasteiger partial charge in [-0.1, -0.05) is 61.0 Å². The molecular weight excluding hydrogens is 406 g/mol. The number of rotatable bonds is 3. The van der Waals surface area contributed by atoms with Crippen LogP contribution in [0.5, 0.6) is 0 Å². The third kappa shape index (κ3) is 3.31. The lowest BCUT2D eigenvalue weighted by Gasteiger charge is -2.32. The summed E-state index contributed by atoms with van der Waals surface area (Å²) < 4.78 is 6.09. The van der Waals surface area contributed by atoms with Gasteiger partial charge in [0.1, 0.15) is 6.10 Å². The molecule has 0 bridgehead atoms. The molecule has 0 unspecified atom stereocenters. The van der Waals surface area contributed by atoms with E-state index in [-0.39, 0.29) is 18.0 Å². The second-order valence-electron chi connectivity index (χ2n) is 9.03. The van der Waals surface area contributed by atoms with Crippen LogP contribution in [-0.2, 0) is 4.74 Å². The number of carbonyl (C=O) groups excluding carboxylic acids is 1. The number of carbonyl (C=O) groups is 1. The van der Waals surface area contributed by atoms with Crippen molar-refractivity contribution in [2.75, 3.05) is 0 Å². The smallest absolute Gasteiger partial charge is 0.338 e. The Morgan fingerprint density at radius 1 is 0.788 bits per heavy atom. The highest BCUT2D eigenvalue weighted by Crippen LogP contribution is 2.42. The van der Waals surface area contributed by atoms with Crippen molar-refractivity contribution >= 4 is 38.3 Å². The normalized spacial score (nSPS) is 18.5. The maximum atomic E-state index is 12.9. The highest BCUT2D eigenvalue weighted by Gasteiger charge is 2.31. The van der Waals surface area contributed by atoms with Crippen molar-refractivity contribution in [3.8, 4) is 6.07 Å². The largest absolute Gasteiger partial charge is 0.458 e. The summed E-state index contributed by atoms with van der Waals surface area (Å²) in [4.78, 5) is 12.9. The second kappa shape index (κ2) is 7.90. The lowest BCUT2D eigenvalue weighted by atomic mass is 9.78. The molecule has 0 spiro atoms. The van der Waals surface area contributed by atoms with E-state index in [9.17, 15) is 4.79 Å². The first-order chi connectivity index (χ1) is 16.2. The fraction of sp³-hybridized carbons (Fsp3) is 0.200. The van der Waals surface area contributed by atoms with Crippen molar-refractivity contribution in [3.05, 3.63) is 95.6 Å². The van der Waals surface area contributed by atoms with Crippen molar-refractivity contribution in [2.45, 2.75) is 37.7 Å². The summed E-state index contributed by atoms with van der Waals surface area (Å²) in [6, 6.07) is 28.6. The molecule has 6 rings (SSSR count). The van der Waals surface area contributed by atoms with E-state index in [2.05, 4.69) is 60.7 Å². The van der Waals surface area contributed by atoms with Gasteiger partial charge in [-0.2, -0.15) is 5.26 Å². The minimum absolute atomic E-state index is 0.152. The number of hydrogen-bond donors (Lipinski definition) is 0. The van der Waals surface area contributed by atoms with Crippen molar-refractivity contribution in [2.24, 2.45) is 0 Å². The number of benzene rings is 5. The Kier molecular flexibility index (Phi) is 4.73. The van der Waals surface area contributed by atoms with Crippen LogP contribution in [0.15, 0.2) is 78.9 Å². The predicted molar refractivity (Wildman–Crippen MR) is 132 cm³/mol.